The first-order valence-corrected chi connectivity index (χ1v) is 4.86. The Morgan fingerprint density at radius 1 is 1.40 bits per heavy atom. The highest BCUT2D eigenvalue weighted by Gasteiger charge is 2.30. The fourth-order valence-electron chi connectivity index (χ4n) is 0.612. The molecule has 0 atom stereocenters. The van der Waals surface area contributed by atoms with Crippen molar-refractivity contribution < 1.29 is 18.0 Å². The molecule has 0 fully saturated rings. The first-order valence-electron chi connectivity index (χ1n) is 3.88. The smallest absolute Gasteiger partial charge is 0.349 e. The summed E-state index contributed by atoms with van der Waals surface area (Å²) in [5, 5.41) is 2.39. The quantitative estimate of drug-likeness (QED) is 0.811. The summed E-state index contributed by atoms with van der Waals surface area (Å²) in [4.78, 5) is 11.0. The minimum atomic E-state index is -4.37. The first-order chi connectivity index (χ1) is 6.16. The summed E-state index contributed by atoms with van der Waals surface area (Å²) in [7, 11) is 0. The van der Waals surface area contributed by atoms with Gasteiger partial charge in [0.1, 0.15) is 0 Å². The van der Waals surface area contributed by atoms with E-state index in [0.717, 1.165) is 0 Å². The van der Waals surface area contributed by atoms with Gasteiger partial charge in [0.25, 0.3) is 0 Å². The van der Waals surface area contributed by atoms with Crippen LogP contribution in [0.5, 0.6) is 0 Å². The highest BCUT2D eigenvalue weighted by molar-refractivity contribution is 8.00. The van der Waals surface area contributed by atoms with E-state index < -0.39 is 22.7 Å². The van der Waals surface area contributed by atoms with Crippen molar-refractivity contribution in [1.29, 1.82) is 0 Å². The first kappa shape index (κ1) is 17.3. The third-order valence-corrected chi connectivity index (χ3v) is 2.09. The Hall–Kier alpha value is -0.140. The monoisotopic (exact) mass is 266 g/mol. The lowest BCUT2D eigenvalue weighted by Gasteiger charge is -2.24. The number of rotatable bonds is 4. The van der Waals surface area contributed by atoms with Crippen LogP contribution in [0, 0.1) is 0 Å². The van der Waals surface area contributed by atoms with Gasteiger partial charge < -0.3 is 11.1 Å². The van der Waals surface area contributed by atoms with Crippen molar-refractivity contribution in [2.45, 2.75) is 24.9 Å². The summed E-state index contributed by atoms with van der Waals surface area (Å²) < 4.78 is 35.1. The third-order valence-electron chi connectivity index (χ3n) is 1.36. The molecule has 8 heteroatoms. The zero-order valence-corrected chi connectivity index (χ0v) is 9.98. The molecule has 0 aromatic heterocycles. The molecule has 0 heterocycles. The van der Waals surface area contributed by atoms with Crippen molar-refractivity contribution in [1.82, 2.24) is 5.32 Å². The largest absolute Gasteiger partial charge is 0.442 e. The molecule has 15 heavy (non-hydrogen) atoms. The molecular weight excluding hydrogens is 253 g/mol. The fourth-order valence-corrected chi connectivity index (χ4v) is 0.979. The number of carbonyl (C=O) groups excluding carboxylic acids is 1. The molecule has 0 spiro atoms. The van der Waals surface area contributed by atoms with Crippen LogP contribution in [0.2, 0.25) is 0 Å². The van der Waals surface area contributed by atoms with Gasteiger partial charge in [0, 0.05) is 12.1 Å². The van der Waals surface area contributed by atoms with Crippen molar-refractivity contribution in [2.24, 2.45) is 5.73 Å². The lowest BCUT2D eigenvalue weighted by atomic mass is 10.1. The van der Waals surface area contributed by atoms with Gasteiger partial charge in [-0.15, -0.1) is 12.4 Å². The summed E-state index contributed by atoms with van der Waals surface area (Å²) in [6, 6.07) is 0. The third kappa shape index (κ3) is 10.1. The number of hydrogen-bond donors (Lipinski definition) is 2. The van der Waals surface area contributed by atoms with Crippen LogP contribution in [0.15, 0.2) is 0 Å². The average Bonchev–Trinajstić information content (AvgIpc) is 1.99. The predicted molar refractivity (Wildman–Crippen MR) is 57.0 cm³/mol. The van der Waals surface area contributed by atoms with Crippen molar-refractivity contribution in [2.75, 3.05) is 12.3 Å². The second-order valence-electron chi connectivity index (χ2n) is 3.37. The number of amides is 1. The molecule has 92 valence electrons. The molecule has 0 bridgehead atoms. The Balaban J connectivity index is 0. The van der Waals surface area contributed by atoms with Crippen molar-refractivity contribution >= 4 is 30.1 Å². The molecule has 3 N–H and O–H groups in total. The van der Waals surface area contributed by atoms with E-state index in [9.17, 15) is 18.0 Å². The molecule has 0 aromatic rings. The maximum absolute atomic E-state index is 11.7. The van der Waals surface area contributed by atoms with E-state index in [2.05, 4.69) is 5.32 Å². The van der Waals surface area contributed by atoms with Crippen molar-refractivity contribution in [3.8, 4) is 0 Å². The normalized spacial score (nSPS) is 11.9. The second-order valence-corrected chi connectivity index (χ2v) is 4.41. The molecule has 3 nitrogen and oxygen atoms in total. The molecule has 0 aliphatic heterocycles. The van der Waals surface area contributed by atoms with Crippen LogP contribution in [0.25, 0.3) is 0 Å². The predicted octanol–water partition coefficient (Wildman–Crippen LogP) is 1.51. The Labute approximate surface area is 96.8 Å². The van der Waals surface area contributed by atoms with Crippen molar-refractivity contribution in [3.05, 3.63) is 0 Å². The number of halogens is 4. The highest BCUT2D eigenvalue weighted by atomic mass is 35.5. The van der Waals surface area contributed by atoms with Crippen LogP contribution in [-0.2, 0) is 4.79 Å². The molecule has 0 radical (unpaired) electrons. The zero-order valence-electron chi connectivity index (χ0n) is 8.35. The summed E-state index contributed by atoms with van der Waals surface area (Å²) in [6.07, 6.45) is 0. The van der Waals surface area contributed by atoms with Gasteiger partial charge in [0.05, 0.1) is 5.75 Å². The van der Waals surface area contributed by atoms with Gasteiger partial charge in [0.15, 0.2) is 0 Å². The number of nitrogens with one attached hydrogen (secondary N) is 1. The summed E-state index contributed by atoms with van der Waals surface area (Å²) in [6.45, 7) is 3.46. The van der Waals surface area contributed by atoms with Gasteiger partial charge in [-0.1, -0.05) is 0 Å². The summed E-state index contributed by atoms with van der Waals surface area (Å²) >= 11 is -0.360. The van der Waals surface area contributed by atoms with Crippen molar-refractivity contribution in [3.63, 3.8) is 0 Å². The second kappa shape index (κ2) is 6.44. The van der Waals surface area contributed by atoms with Crippen LogP contribution < -0.4 is 11.1 Å². The standard InChI is InChI=1S/C7H13F3N2OS.ClH/c1-6(2,4-11)12-5(13)3-14-7(8,9)10;/h3-4,11H2,1-2H3,(H,12,13);1H. The van der Waals surface area contributed by atoms with E-state index >= 15 is 0 Å². The molecule has 0 aliphatic rings. The number of thioether (sulfide) groups is 1. The van der Waals surface area contributed by atoms with E-state index in [1.54, 1.807) is 13.8 Å². The van der Waals surface area contributed by atoms with E-state index in [-0.39, 0.29) is 30.7 Å². The van der Waals surface area contributed by atoms with Crippen LogP contribution >= 0.6 is 24.2 Å². The fraction of sp³-hybridized carbons (Fsp3) is 0.857. The van der Waals surface area contributed by atoms with Gasteiger partial charge >= 0.3 is 5.51 Å². The van der Waals surface area contributed by atoms with Crippen LogP contribution in [0.4, 0.5) is 13.2 Å². The minimum Gasteiger partial charge on any atom is -0.349 e. The number of carbonyl (C=O) groups is 1. The maximum atomic E-state index is 11.7. The van der Waals surface area contributed by atoms with E-state index in [0.29, 0.717) is 0 Å². The lowest BCUT2D eigenvalue weighted by Crippen LogP contribution is -2.49. The Bertz CT molecular complexity index is 211. The zero-order chi connectivity index (χ0) is 11.4. The van der Waals surface area contributed by atoms with Gasteiger partial charge in [-0.25, -0.2) is 0 Å². The van der Waals surface area contributed by atoms with Gasteiger partial charge in [-0.3, -0.25) is 4.79 Å². The number of nitrogens with two attached hydrogens (primary N) is 1. The van der Waals surface area contributed by atoms with E-state index in [4.69, 9.17) is 5.73 Å². The van der Waals surface area contributed by atoms with E-state index in [1.807, 2.05) is 0 Å². The lowest BCUT2D eigenvalue weighted by molar-refractivity contribution is -0.120. The van der Waals surface area contributed by atoms with Crippen LogP contribution in [0.1, 0.15) is 13.8 Å². The average molecular weight is 267 g/mol. The van der Waals surface area contributed by atoms with Gasteiger partial charge in [-0.05, 0) is 25.6 Å². The highest BCUT2D eigenvalue weighted by Crippen LogP contribution is 2.29. The Morgan fingerprint density at radius 2 is 1.87 bits per heavy atom. The number of alkyl halides is 3. The van der Waals surface area contributed by atoms with E-state index in [1.165, 1.54) is 0 Å². The SMILES string of the molecule is CC(C)(CN)NC(=O)CSC(F)(F)F.Cl. The maximum Gasteiger partial charge on any atom is 0.442 e. The number of hydrogen-bond acceptors (Lipinski definition) is 3. The Kier molecular flexibility index (Phi) is 7.42. The van der Waals surface area contributed by atoms with Gasteiger partial charge in [-0.2, -0.15) is 13.2 Å². The molecule has 0 rings (SSSR count). The minimum absolute atomic E-state index is 0. The molecular formula is C7H14ClF3N2OS. The molecule has 1 amide bonds. The molecule has 0 saturated heterocycles. The van der Waals surface area contributed by atoms with Crippen LogP contribution in [0.3, 0.4) is 0 Å². The Morgan fingerprint density at radius 3 is 2.20 bits per heavy atom. The summed E-state index contributed by atoms with van der Waals surface area (Å²) in [5.41, 5.74) is 0.259. The van der Waals surface area contributed by atoms with Gasteiger partial charge in [0.2, 0.25) is 5.91 Å². The topological polar surface area (TPSA) is 55.1 Å². The summed E-state index contributed by atoms with van der Waals surface area (Å²) in [5.74, 6) is -1.30. The molecule has 0 aromatic carbocycles. The molecule has 0 saturated carbocycles. The molecule has 0 unspecified atom stereocenters. The molecule has 0 aliphatic carbocycles. The van der Waals surface area contributed by atoms with Crippen LogP contribution in [-0.4, -0.2) is 29.3 Å².